The molecule has 0 aliphatic carbocycles. The third-order valence-electron chi connectivity index (χ3n) is 1.79. The summed E-state index contributed by atoms with van der Waals surface area (Å²) in [7, 11) is 1.73. The van der Waals surface area contributed by atoms with Gasteiger partial charge in [0.15, 0.2) is 0 Å². The number of nitrogens with one attached hydrogen (secondary N) is 1. The highest BCUT2D eigenvalue weighted by atomic mass is 32.2. The number of aromatic nitrogens is 2. The Labute approximate surface area is 94.8 Å². The Kier molecular flexibility index (Phi) is 7.16. The zero-order valence-corrected chi connectivity index (χ0v) is 9.80. The van der Waals surface area contributed by atoms with Crippen molar-refractivity contribution in [3.63, 3.8) is 0 Å². The first-order valence-corrected chi connectivity index (χ1v) is 6.00. The highest BCUT2D eigenvalue weighted by Crippen LogP contribution is 2.11. The Morgan fingerprint density at radius 1 is 1.47 bits per heavy atom. The van der Waals surface area contributed by atoms with E-state index in [-0.39, 0.29) is 0 Å². The van der Waals surface area contributed by atoms with Crippen LogP contribution in [0.4, 0.5) is 0 Å². The van der Waals surface area contributed by atoms with Gasteiger partial charge in [0.1, 0.15) is 6.33 Å². The fourth-order valence-electron chi connectivity index (χ4n) is 1.06. The Morgan fingerprint density at radius 2 is 2.40 bits per heavy atom. The zero-order chi connectivity index (χ0) is 10.8. The molecular formula is C10H17N3OS. The largest absolute Gasteiger partial charge is 0.385 e. The van der Waals surface area contributed by atoms with E-state index in [1.165, 1.54) is 0 Å². The second-order valence-corrected chi connectivity index (χ2v) is 4.11. The molecule has 0 fully saturated rings. The maximum absolute atomic E-state index is 4.96. The number of nitrogens with zero attached hydrogens (tertiary/aromatic N) is 2. The number of methoxy groups -OCH3 is 1. The Hall–Kier alpha value is -0.650. The smallest absolute Gasteiger partial charge is 0.116 e. The molecule has 1 rings (SSSR count). The van der Waals surface area contributed by atoms with E-state index in [1.807, 2.05) is 6.07 Å². The number of hydrogen-bond donors (Lipinski definition) is 1. The Balaban J connectivity index is 1.93. The second-order valence-electron chi connectivity index (χ2n) is 2.99. The number of ether oxygens (including phenoxy) is 1. The summed E-state index contributed by atoms with van der Waals surface area (Å²) in [5.41, 5.74) is 0. The number of thioether (sulfide) groups is 1. The molecule has 15 heavy (non-hydrogen) atoms. The fourth-order valence-corrected chi connectivity index (χ4v) is 1.79. The average molecular weight is 227 g/mol. The molecular weight excluding hydrogens is 210 g/mol. The lowest BCUT2D eigenvalue weighted by Gasteiger charge is -2.03. The molecule has 0 saturated carbocycles. The van der Waals surface area contributed by atoms with E-state index in [0.29, 0.717) is 0 Å². The van der Waals surface area contributed by atoms with Gasteiger partial charge < -0.3 is 10.1 Å². The molecule has 1 aromatic heterocycles. The molecule has 1 heterocycles. The van der Waals surface area contributed by atoms with E-state index >= 15 is 0 Å². The van der Waals surface area contributed by atoms with Gasteiger partial charge in [0, 0.05) is 32.2 Å². The molecule has 0 aromatic carbocycles. The van der Waals surface area contributed by atoms with E-state index in [9.17, 15) is 0 Å². The topological polar surface area (TPSA) is 47.0 Å². The minimum Gasteiger partial charge on any atom is -0.385 e. The van der Waals surface area contributed by atoms with Gasteiger partial charge in [-0.15, -0.1) is 11.8 Å². The molecule has 0 aliphatic heterocycles. The van der Waals surface area contributed by atoms with Crippen molar-refractivity contribution in [2.24, 2.45) is 0 Å². The summed E-state index contributed by atoms with van der Waals surface area (Å²) in [6.07, 6.45) is 4.41. The first-order chi connectivity index (χ1) is 7.43. The predicted molar refractivity (Wildman–Crippen MR) is 62.1 cm³/mol. The van der Waals surface area contributed by atoms with Gasteiger partial charge in [-0.2, -0.15) is 0 Å². The van der Waals surface area contributed by atoms with Gasteiger partial charge in [-0.1, -0.05) is 0 Å². The first kappa shape index (κ1) is 12.4. The van der Waals surface area contributed by atoms with Gasteiger partial charge >= 0.3 is 0 Å². The van der Waals surface area contributed by atoms with Crippen LogP contribution in [0.5, 0.6) is 0 Å². The Morgan fingerprint density at radius 3 is 3.13 bits per heavy atom. The van der Waals surface area contributed by atoms with Gasteiger partial charge in [-0.25, -0.2) is 9.97 Å². The molecule has 0 unspecified atom stereocenters. The molecule has 0 amide bonds. The third-order valence-corrected chi connectivity index (χ3v) is 2.73. The quantitative estimate of drug-likeness (QED) is 0.411. The van der Waals surface area contributed by atoms with Crippen LogP contribution in [-0.4, -0.2) is 42.5 Å². The fraction of sp³-hybridized carbons (Fsp3) is 0.600. The standard InChI is InChI=1S/C10H17N3OS/c1-14-7-2-4-11-6-8-15-10-3-5-12-9-13-10/h3,5,9,11H,2,4,6-8H2,1H3. The van der Waals surface area contributed by atoms with Gasteiger partial charge in [-0.05, 0) is 19.0 Å². The molecule has 1 N–H and O–H groups in total. The summed E-state index contributed by atoms with van der Waals surface area (Å²) in [5.74, 6) is 1.03. The SMILES string of the molecule is COCCCNCCSc1ccncn1. The monoisotopic (exact) mass is 227 g/mol. The van der Waals surface area contributed by atoms with Crippen LogP contribution in [-0.2, 0) is 4.74 Å². The summed E-state index contributed by atoms with van der Waals surface area (Å²) in [5, 5.41) is 4.38. The van der Waals surface area contributed by atoms with Crippen LogP contribution in [0.2, 0.25) is 0 Å². The lowest BCUT2D eigenvalue weighted by atomic mass is 10.4. The van der Waals surface area contributed by atoms with Crippen molar-refractivity contribution in [1.29, 1.82) is 0 Å². The van der Waals surface area contributed by atoms with E-state index in [2.05, 4.69) is 15.3 Å². The number of rotatable bonds is 8. The first-order valence-electron chi connectivity index (χ1n) is 5.02. The molecule has 4 nitrogen and oxygen atoms in total. The van der Waals surface area contributed by atoms with Crippen LogP contribution in [0.25, 0.3) is 0 Å². The number of hydrogen-bond acceptors (Lipinski definition) is 5. The van der Waals surface area contributed by atoms with Crippen molar-refractivity contribution in [3.05, 3.63) is 18.6 Å². The molecule has 1 aromatic rings. The summed E-state index contributed by atoms with van der Waals surface area (Å²) in [6.45, 7) is 2.84. The van der Waals surface area contributed by atoms with Crippen LogP contribution in [0.3, 0.4) is 0 Å². The van der Waals surface area contributed by atoms with Gasteiger partial charge in [0.25, 0.3) is 0 Å². The normalized spacial score (nSPS) is 10.5. The maximum atomic E-state index is 4.96. The van der Waals surface area contributed by atoms with Crippen molar-refractivity contribution < 1.29 is 4.74 Å². The lowest BCUT2D eigenvalue weighted by Crippen LogP contribution is -2.19. The van der Waals surface area contributed by atoms with Crippen LogP contribution in [0.15, 0.2) is 23.6 Å². The average Bonchev–Trinajstić information content (AvgIpc) is 2.29. The molecule has 5 heteroatoms. The summed E-state index contributed by atoms with van der Waals surface area (Å²) >= 11 is 1.74. The van der Waals surface area contributed by atoms with E-state index < -0.39 is 0 Å². The van der Waals surface area contributed by atoms with Crippen molar-refractivity contribution in [1.82, 2.24) is 15.3 Å². The van der Waals surface area contributed by atoms with Crippen LogP contribution in [0.1, 0.15) is 6.42 Å². The third kappa shape index (κ3) is 6.43. The zero-order valence-electron chi connectivity index (χ0n) is 8.98. The van der Waals surface area contributed by atoms with Crippen LogP contribution in [0, 0.1) is 0 Å². The predicted octanol–water partition coefficient (Wildman–Crippen LogP) is 1.19. The molecule has 0 atom stereocenters. The van der Waals surface area contributed by atoms with Gasteiger partial charge in [-0.3, -0.25) is 0 Å². The highest BCUT2D eigenvalue weighted by Gasteiger charge is 1.93. The summed E-state index contributed by atoms with van der Waals surface area (Å²) in [4.78, 5) is 8.00. The van der Waals surface area contributed by atoms with E-state index in [4.69, 9.17) is 4.74 Å². The van der Waals surface area contributed by atoms with Crippen molar-refractivity contribution >= 4 is 11.8 Å². The minimum absolute atomic E-state index is 0.825. The molecule has 0 saturated heterocycles. The van der Waals surface area contributed by atoms with Crippen LogP contribution < -0.4 is 5.32 Å². The van der Waals surface area contributed by atoms with Gasteiger partial charge in [0.2, 0.25) is 0 Å². The van der Waals surface area contributed by atoms with E-state index in [0.717, 1.165) is 36.9 Å². The van der Waals surface area contributed by atoms with Crippen LogP contribution >= 0.6 is 11.8 Å². The molecule has 0 spiro atoms. The van der Waals surface area contributed by atoms with Crippen molar-refractivity contribution in [2.75, 3.05) is 32.6 Å². The van der Waals surface area contributed by atoms with Crippen molar-refractivity contribution in [3.8, 4) is 0 Å². The molecule has 0 bridgehead atoms. The lowest BCUT2D eigenvalue weighted by molar-refractivity contribution is 0.194. The maximum Gasteiger partial charge on any atom is 0.116 e. The van der Waals surface area contributed by atoms with E-state index in [1.54, 1.807) is 31.4 Å². The molecule has 84 valence electrons. The molecule has 0 aliphatic rings. The Bertz CT molecular complexity index is 246. The minimum atomic E-state index is 0.825. The highest BCUT2D eigenvalue weighted by molar-refractivity contribution is 7.99. The van der Waals surface area contributed by atoms with Crippen molar-refractivity contribution in [2.45, 2.75) is 11.4 Å². The second kappa shape index (κ2) is 8.64. The summed E-state index contributed by atoms with van der Waals surface area (Å²) < 4.78 is 4.96. The summed E-state index contributed by atoms with van der Waals surface area (Å²) in [6, 6.07) is 1.93. The molecule has 0 radical (unpaired) electrons. The van der Waals surface area contributed by atoms with Gasteiger partial charge in [0.05, 0.1) is 5.03 Å².